The molecule has 0 spiro atoms. The van der Waals surface area contributed by atoms with E-state index in [1.54, 1.807) is 12.1 Å². The number of hydrogen-bond donors (Lipinski definition) is 2. The minimum absolute atomic E-state index is 0.0247. The predicted molar refractivity (Wildman–Crippen MR) is 78.3 cm³/mol. The summed E-state index contributed by atoms with van der Waals surface area (Å²) in [4.78, 5) is 11.1. The number of carboxylic acids is 1. The van der Waals surface area contributed by atoms with Gasteiger partial charge in [0.15, 0.2) is 0 Å². The Labute approximate surface area is 118 Å². The summed E-state index contributed by atoms with van der Waals surface area (Å²) in [5.41, 5.74) is 1.79. The van der Waals surface area contributed by atoms with E-state index in [2.05, 4.69) is 6.92 Å². The molecule has 3 nitrogen and oxygen atoms in total. The number of carbonyl (C=O) groups is 1. The van der Waals surface area contributed by atoms with E-state index in [0.717, 1.165) is 0 Å². The van der Waals surface area contributed by atoms with Gasteiger partial charge in [-0.2, -0.15) is 0 Å². The van der Waals surface area contributed by atoms with E-state index in [4.69, 9.17) is 5.11 Å². The van der Waals surface area contributed by atoms with Crippen molar-refractivity contribution in [2.45, 2.75) is 25.7 Å². The van der Waals surface area contributed by atoms with Crippen LogP contribution >= 0.6 is 0 Å². The van der Waals surface area contributed by atoms with E-state index in [1.165, 1.54) is 11.6 Å². The van der Waals surface area contributed by atoms with Crippen LogP contribution in [0.5, 0.6) is 5.75 Å². The van der Waals surface area contributed by atoms with Crippen molar-refractivity contribution in [3.63, 3.8) is 0 Å². The van der Waals surface area contributed by atoms with Crippen molar-refractivity contribution in [3.8, 4) is 5.75 Å². The van der Waals surface area contributed by atoms with Gasteiger partial charge in [0.2, 0.25) is 0 Å². The minimum Gasteiger partial charge on any atom is -0.507 e. The number of rotatable bonds is 4. The number of benzene rings is 2. The van der Waals surface area contributed by atoms with Gasteiger partial charge < -0.3 is 10.2 Å². The summed E-state index contributed by atoms with van der Waals surface area (Å²) < 4.78 is 0. The summed E-state index contributed by atoms with van der Waals surface area (Å²) in [7, 11) is 0. The summed E-state index contributed by atoms with van der Waals surface area (Å²) >= 11 is 0. The van der Waals surface area contributed by atoms with Crippen molar-refractivity contribution < 1.29 is 15.0 Å². The molecular weight excluding hydrogens is 252 g/mol. The van der Waals surface area contributed by atoms with Crippen LogP contribution in [-0.4, -0.2) is 16.2 Å². The van der Waals surface area contributed by atoms with Crippen LogP contribution in [0.3, 0.4) is 0 Å². The highest BCUT2D eigenvalue weighted by molar-refractivity contribution is 5.91. The molecule has 0 aliphatic heterocycles. The maximum Gasteiger partial charge on any atom is 0.339 e. The fourth-order valence-electron chi connectivity index (χ4n) is 2.42. The van der Waals surface area contributed by atoms with Gasteiger partial charge in [-0.25, -0.2) is 4.79 Å². The fraction of sp³-hybridized carbons (Fsp3) is 0.235. The number of phenols is 1. The third kappa shape index (κ3) is 2.67. The normalized spacial score (nSPS) is 13.7. The van der Waals surface area contributed by atoms with Crippen LogP contribution in [0.2, 0.25) is 0 Å². The maximum atomic E-state index is 11.1. The first-order valence-corrected chi connectivity index (χ1v) is 6.62. The lowest BCUT2D eigenvalue weighted by atomic mass is 9.83. The second-order valence-electron chi connectivity index (χ2n) is 5.04. The van der Waals surface area contributed by atoms with Crippen LogP contribution < -0.4 is 0 Å². The number of aromatic hydroxyl groups is 1. The Morgan fingerprint density at radius 2 is 1.60 bits per heavy atom. The van der Waals surface area contributed by atoms with Crippen molar-refractivity contribution in [2.75, 3.05) is 0 Å². The number of aromatic carboxylic acids is 1. The molecule has 2 rings (SSSR count). The van der Waals surface area contributed by atoms with Gasteiger partial charge in [-0.1, -0.05) is 56.3 Å². The molecular formula is C17H18O3. The zero-order valence-corrected chi connectivity index (χ0v) is 11.6. The van der Waals surface area contributed by atoms with Gasteiger partial charge in [0.25, 0.3) is 0 Å². The highest BCUT2D eigenvalue weighted by Gasteiger charge is 2.22. The standard InChI is InChI=1S/C17H18O3/c1-11(13-7-4-3-5-8-13)12(2)14-9-6-10-15(16(14)18)17(19)20/h3-12,18H,1-2H3,(H,19,20). The minimum atomic E-state index is -1.11. The van der Waals surface area contributed by atoms with Crippen molar-refractivity contribution in [3.05, 3.63) is 65.2 Å². The van der Waals surface area contributed by atoms with Crippen LogP contribution in [0.4, 0.5) is 0 Å². The molecule has 2 aromatic carbocycles. The van der Waals surface area contributed by atoms with Gasteiger partial charge >= 0.3 is 5.97 Å². The smallest absolute Gasteiger partial charge is 0.339 e. The Bertz CT molecular complexity index is 605. The Balaban J connectivity index is 2.37. The highest BCUT2D eigenvalue weighted by Crippen LogP contribution is 2.37. The molecule has 0 amide bonds. The number of hydrogen-bond acceptors (Lipinski definition) is 2. The molecule has 3 heteroatoms. The van der Waals surface area contributed by atoms with Crippen molar-refractivity contribution in [1.82, 2.24) is 0 Å². The lowest BCUT2D eigenvalue weighted by Gasteiger charge is -2.22. The molecule has 0 aliphatic carbocycles. The number of para-hydroxylation sites is 1. The summed E-state index contributed by atoms with van der Waals surface area (Å²) in [6.07, 6.45) is 0. The van der Waals surface area contributed by atoms with Gasteiger partial charge in [0.05, 0.1) is 0 Å². The average molecular weight is 270 g/mol. The van der Waals surface area contributed by atoms with E-state index in [9.17, 15) is 9.90 Å². The molecule has 2 N–H and O–H groups in total. The van der Waals surface area contributed by atoms with Crippen LogP contribution in [0.1, 0.15) is 47.2 Å². The predicted octanol–water partition coefficient (Wildman–Crippen LogP) is 4.00. The molecule has 20 heavy (non-hydrogen) atoms. The molecule has 0 saturated carbocycles. The van der Waals surface area contributed by atoms with Gasteiger partial charge in [-0.15, -0.1) is 0 Å². The average Bonchev–Trinajstić information content (AvgIpc) is 2.46. The van der Waals surface area contributed by atoms with E-state index in [0.29, 0.717) is 5.56 Å². The molecule has 0 radical (unpaired) electrons. The van der Waals surface area contributed by atoms with E-state index in [-0.39, 0.29) is 23.1 Å². The summed E-state index contributed by atoms with van der Waals surface area (Å²) in [5, 5.41) is 19.2. The third-order valence-corrected chi connectivity index (χ3v) is 3.86. The zero-order valence-electron chi connectivity index (χ0n) is 11.6. The Hall–Kier alpha value is -2.29. The molecule has 0 aromatic heterocycles. The van der Waals surface area contributed by atoms with Crippen LogP contribution in [0, 0.1) is 0 Å². The SMILES string of the molecule is CC(c1ccccc1)C(C)c1cccc(C(=O)O)c1O. The molecule has 0 aliphatic rings. The maximum absolute atomic E-state index is 11.1. The van der Waals surface area contributed by atoms with Crippen molar-refractivity contribution in [1.29, 1.82) is 0 Å². The summed E-state index contributed by atoms with van der Waals surface area (Å²) in [6.45, 7) is 4.07. The summed E-state index contributed by atoms with van der Waals surface area (Å²) in [6, 6.07) is 14.9. The fourth-order valence-corrected chi connectivity index (χ4v) is 2.42. The first kappa shape index (κ1) is 14.1. The second-order valence-corrected chi connectivity index (χ2v) is 5.04. The Morgan fingerprint density at radius 3 is 2.20 bits per heavy atom. The number of carboxylic acid groups (broad SMARTS) is 1. The van der Waals surface area contributed by atoms with E-state index < -0.39 is 5.97 Å². The zero-order chi connectivity index (χ0) is 14.7. The molecule has 2 atom stereocenters. The lowest BCUT2D eigenvalue weighted by molar-refractivity contribution is 0.0693. The molecule has 2 unspecified atom stereocenters. The van der Waals surface area contributed by atoms with Gasteiger partial charge in [-0.3, -0.25) is 0 Å². The second kappa shape index (κ2) is 5.78. The highest BCUT2D eigenvalue weighted by atomic mass is 16.4. The van der Waals surface area contributed by atoms with Crippen LogP contribution in [-0.2, 0) is 0 Å². The van der Waals surface area contributed by atoms with E-state index in [1.807, 2.05) is 37.3 Å². The first-order valence-electron chi connectivity index (χ1n) is 6.62. The molecule has 0 bridgehead atoms. The Kier molecular flexibility index (Phi) is 4.08. The van der Waals surface area contributed by atoms with Gasteiger partial charge in [0.1, 0.15) is 11.3 Å². The topological polar surface area (TPSA) is 57.5 Å². The van der Waals surface area contributed by atoms with Crippen molar-refractivity contribution in [2.24, 2.45) is 0 Å². The van der Waals surface area contributed by atoms with Crippen LogP contribution in [0.25, 0.3) is 0 Å². The molecule has 0 heterocycles. The Morgan fingerprint density at radius 1 is 0.950 bits per heavy atom. The van der Waals surface area contributed by atoms with Crippen molar-refractivity contribution >= 4 is 5.97 Å². The molecule has 0 saturated heterocycles. The van der Waals surface area contributed by atoms with E-state index >= 15 is 0 Å². The van der Waals surface area contributed by atoms with Crippen LogP contribution in [0.15, 0.2) is 48.5 Å². The lowest BCUT2D eigenvalue weighted by Crippen LogP contribution is -2.07. The first-order chi connectivity index (χ1) is 9.52. The van der Waals surface area contributed by atoms with Gasteiger partial charge in [-0.05, 0) is 29.0 Å². The van der Waals surface area contributed by atoms with Gasteiger partial charge in [0, 0.05) is 0 Å². The quantitative estimate of drug-likeness (QED) is 0.883. The molecule has 0 fully saturated rings. The molecule has 104 valence electrons. The largest absolute Gasteiger partial charge is 0.507 e. The monoisotopic (exact) mass is 270 g/mol. The summed E-state index contributed by atoms with van der Waals surface area (Å²) in [5.74, 6) is -1.03. The third-order valence-electron chi connectivity index (χ3n) is 3.86. The molecule has 2 aromatic rings.